The number of hydrogen-bond acceptors (Lipinski definition) is 2. The van der Waals surface area contributed by atoms with E-state index in [4.69, 9.17) is 0 Å². The molecule has 0 saturated carbocycles. The minimum Gasteiger partial charge on any atom is -0.412 e. The lowest BCUT2D eigenvalue weighted by atomic mass is 10.3. The van der Waals surface area contributed by atoms with Crippen molar-refractivity contribution in [1.29, 1.82) is 0 Å². The molecule has 0 radical (unpaired) electrons. The van der Waals surface area contributed by atoms with Crippen LogP contribution in [0.3, 0.4) is 0 Å². The molecule has 0 spiro atoms. The van der Waals surface area contributed by atoms with Gasteiger partial charge in [-0.2, -0.15) is 0 Å². The molecule has 3 heteroatoms. The van der Waals surface area contributed by atoms with Crippen LogP contribution in [0.15, 0.2) is 0 Å². The van der Waals surface area contributed by atoms with Crippen molar-refractivity contribution in [2.24, 2.45) is 0 Å². The normalized spacial score (nSPS) is 30.3. The highest BCUT2D eigenvalue weighted by Crippen LogP contribution is 2.05. The summed E-state index contributed by atoms with van der Waals surface area (Å²) in [5.74, 6) is 0. The summed E-state index contributed by atoms with van der Waals surface area (Å²) in [6.07, 6.45) is 0. The number of rotatable bonds is 0. The molecule has 0 amide bonds. The van der Waals surface area contributed by atoms with Gasteiger partial charge in [0.05, 0.1) is 6.67 Å². The Bertz CT molecular complexity index is 77.1. The maximum atomic E-state index is 2.35. The first-order chi connectivity index (χ1) is 3.70. The van der Waals surface area contributed by atoms with Gasteiger partial charge in [-0.3, -0.25) is 9.80 Å². The van der Waals surface area contributed by atoms with Crippen LogP contribution in [-0.2, 0) is 0 Å². The summed E-state index contributed by atoms with van der Waals surface area (Å²) in [6.45, 7) is 4.60. The Hall–Kier alpha value is -0.120. The highest BCUT2D eigenvalue weighted by Gasteiger charge is 2.19. The molecular formula is C6H16N2O. The van der Waals surface area contributed by atoms with Crippen LogP contribution < -0.4 is 0 Å². The third kappa shape index (κ3) is 1.93. The Morgan fingerprint density at radius 2 is 1.89 bits per heavy atom. The van der Waals surface area contributed by atoms with Gasteiger partial charge in [-0.1, -0.05) is 0 Å². The Morgan fingerprint density at radius 1 is 1.33 bits per heavy atom. The fourth-order valence-electron chi connectivity index (χ4n) is 1.17. The van der Waals surface area contributed by atoms with Crippen LogP contribution in [-0.4, -0.2) is 48.6 Å². The Labute approximate surface area is 56.6 Å². The average Bonchev–Trinajstić information content (AvgIpc) is 1.85. The smallest absolute Gasteiger partial charge is 0.0504 e. The molecule has 1 aliphatic heterocycles. The molecule has 1 rings (SSSR count). The standard InChI is InChI=1S/C6H14N2.H2O/c1-6-4-7(2)5-8(6)3;/h6H,4-5H2,1-3H3;1H2. The van der Waals surface area contributed by atoms with Crippen molar-refractivity contribution in [2.45, 2.75) is 13.0 Å². The number of likely N-dealkylation sites (N-methyl/N-ethyl adjacent to an activating group) is 2. The summed E-state index contributed by atoms with van der Waals surface area (Å²) in [5.41, 5.74) is 0. The monoisotopic (exact) mass is 132 g/mol. The fraction of sp³-hybridized carbons (Fsp3) is 1.00. The van der Waals surface area contributed by atoms with E-state index in [1.165, 1.54) is 6.54 Å². The maximum Gasteiger partial charge on any atom is 0.0504 e. The zero-order valence-corrected chi connectivity index (χ0v) is 6.39. The van der Waals surface area contributed by atoms with Gasteiger partial charge in [-0.25, -0.2) is 0 Å². The van der Waals surface area contributed by atoms with Gasteiger partial charge in [0.1, 0.15) is 0 Å². The van der Waals surface area contributed by atoms with E-state index in [9.17, 15) is 0 Å². The van der Waals surface area contributed by atoms with E-state index in [1.54, 1.807) is 0 Å². The summed E-state index contributed by atoms with van der Waals surface area (Å²) < 4.78 is 0. The van der Waals surface area contributed by atoms with E-state index in [0.717, 1.165) is 12.7 Å². The molecule has 0 bridgehead atoms. The Balaban J connectivity index is 0.000000640. The van der Waals surface area contributed by atoms with E-state index in [0.29, 0.717) is 0 Å². The second-order valence-electron chi connectivity index (χ2n) is 2.79. The van der Waals surface area contributed by atoms with Crippen LogP contribution in [0.4, 0.5) is 0 Å². The van der Waals surface area contributed by atoms with Gasteiger partial charge >= 0.3 is 0 Å². The van der Waals surface area contributed by atoms with Crippen LogP contribution in [0.5, 0.6) is 0 Å². The SMILES string of the molecule is CC1CN(C)CN1C.O. The quantitative estimate of drug-likeness (QED) is 0.441. The van der Waals surface area contributed by atoms with Crippen LogP contribution in [0, 0.1) is 0 Å². The van der Waals surface area contributed by atoms with E-state index in [2.05, 4.69) is 30.8 Å². The van der Waals surface area contributed by atoms with Crippen molar-refractivity contribution in [2.75, 3.05) is 27.3 Å². The van der Waals surface area contributed by atoms with Crippen LogP contribution in [0.25, 0.3) is 0 Å². The number of hydrogen-bond donors (Lipinski definition) is 0. The lowest BCUT2D eigenvalue weighted by molar-refractivity contribution is 0.294. The van der Waals surface area contributed by atoms with Crippen molar-refractivity contribution < 1.29 is 5.48 Å². The molecule has 1 atom stereocenters. The topological polar surface area (TPSA) is 38.0 Å². The van der Waals surface area contributed by atoms with Gasteiger partial charge in [0.15, 0.2) is 0 Å². The number of nitrogens with zero attached hydrogens (tertiary/aromatic N) is 2. The molecule has 56 valence electrons. The van der Waals surface area contributed by atoms with Crippen molar-refractivity contribution in [1.82, 2.24) is 9.80 Å². The third-order valence-electron chi connectivity index (χ3n) is 1.79. The summed E-state index contributed by atoms with van der Waals surface area (Å²) in [4.78, 5) is 4.67. The van der Waals surface area contributed by atoms with Crippen LogP contribution in [0.2, 0.25) is 0 Å². The second kappa shape index (κ2) is 3.15. The first kappa shape index (κ1) is 8.88. The molecule has 0 aromatic heterocycles. The molecule has 1 heterocycles. The lowest BCUT2D eigenvalue weighted by Crippen LogP contribution is -2.22. The van der Waals surface area contributed by atoms with Crippen molar-refractivity contribution in [3.63, 3.8) is 0 Å². The molecule has 9 heavy (non-hydrogen) atoms. The molecule has 3 nitrogen and oxygen atoms in total. The van der Waals surface area contributed by atoms with Crippen molar-refractivity contribution >= 4 is 0 Å². The summed E-state index contributed by atoms with van der Waals surface area (Å²) >= 11 is 0. The second-order valence-corrected chi connectivity index (χ2v) is 2.79. The minimum absolute atomic E-state index is 0. The van der Waals surface area contributed by atoms with Gasteiger partial charge in [-0.05, 0) is 21.0 Å². The third-order valence-corrected chi connectivity index (χ3v) is 1.79. The average molecular weight is 132 g/mol. The van der Waals surface area contributed by atoms with Gasteiger partial charge in [-0.15, -0.1) is 0 Å². The summed E-state index contributed by atoms with van der Waals surface area (Å²) in [6, 6.07) is 0.750. The molecule has 1 saturated heterocycles. The molecule has 1 fully saturated rings. The summed E-state index contributed by atoms with van der Waals surface area (Å²) in [5, 5.41) is 0. The molecule has 1 aliphatic rings. The zero-order chi connectivity index (χ0) is 6.15. The molecule has 2 N–H and O–H groups in total. The molecule has 0 aromatic carbocycles. The highest BCUT2D eigenvalue weighted by molar-refractivity contribution is 4.73. The van der Waals surface area contributed by atoms with Crippen LogP contribution >= 0.6 is 0 Å². The van der Waals surface area contributed by atoms with E-state index in [-0.39, 0.29) is 5.48 Å². The van der Waals surface area contributed by atoms with E-state index >= 15 is 0 Å². The predicted octanol–water partition coefficient (Wildman–Crippen LogP) is -0.615. The maximum absolute atomic E-state index is 2.35. The minimum atomic E-state index is 0. The summed E-state index contributed by atoms with van der Waals surface area (Å²) in [7, 11) is 4.31. The van der Waals surface area contributed by atoms with Gasteiger partial charge in [0.2, 0.25) is 0 Å². The lowest BCUT2D eigenvalue weighted by Gasteiger charge is -2.10. The largest absolute Gasteiger partial charge is 0.412 e. The predicted molar refractivity (Wildman–Crippen MR) is 38.3 cm³/mol. The molecule has 0 aromatic rings. The van der Waals surface area contributed by atoms with E-state index < -0.39 is 0 Å². The first-order valence-electron chi connectivity index (χ1n) is 3.09. The van der Waals surface area contributed by atoms with E-state index in [1.807, 2.05) is 0 Å². The first-order valence-corrected chi connectivity index (χ1v) is 3.09. The fourth-order valence-corrected chi connectivity index (χ4v) is 1.17. The molecular weight excluding hydrogens is 116 g/mol. The molecule has 1 unspecified atom stereocenters. The van der Waals surface area contributed by atoms with Crippen molar-refractivity contribution in [3.8, 4) is 0 Å². The van der Waals surface area contributed by atoms with Gasteiger partial charge in [0, 0.05) is 12.6 Å². The molecule has 0 aliphatic carbocycles. The van der Waals surface area contributed by atoms with Gasteiger partial charge < -0.3 is 5.48 Å². The highest BCUT2D eigenvalue weighted by atomic mass is 16.0. The van der Waals surface area contributed by atoms with Crippen molar-refractivity contribution in [3.05, 3.63) is 0 Å². The Kier molecular flexibility index (Phi) is 3.11. The van der Waals surface area contributed by atoms with Gasteiger partial charge in [0.25, 0.3) is 0 Å². The van der Waals surface area contributed by atoms with Crippen LogP contribution in [0.1, 0.15) is 6.92 Å². The Morgan fingerprint density at radius 3 is 2.00 bits per heavy atom. The zero-order valence-electron chi connectivity index (χ0n) is 6.39.